The Morgan fingerprint density at radius 3 is 2.23 bits per heavy atom. The van der Waals surface area contributed by atoms with Crippen LogP contribution in [0.4, 0.5) is 16.2 Å². The van der Waals surface area contributed by atoms with Crippen molar-refractivity contribution in [2.45, 2.75) is 20.8 Å². The van der Waals surface area contributed by atoms with Crippen LogP contribution in [0.1, 0.15) is 27.3 Å². The third-order valence-corrected chi connectivity index (χ3v) is 4.84. The molecule has 0 unspecified atom stereocenters. The lowest BCUT2D eigenvalue weighted by molar-refractivity contribution is 0.102. The van der Waals surface area contributed by atoms with Crippen molar-refractivity contribution < 1.29 is 9.59 Å². The van der Waals surface area contributed by atoms with E-state index in [0.29, 0.717) is 23.5 Å². The Labute approximate surface area is 176 Å². The fourth-order valence-corrected chi connectivity index (χ4v) is 3.35. The van der Waals surface area contributed by atoms with Crippen molar-refractivity contribution in [3.8, 4) is 5.69 Å². The third-order valence-electron chi connectivity index (χ3n) is 4.84. The molecule has 2 aromatic carbocycles. The number of nitrogens with one attached hydrogen (secondary N) is 3. The van der Waals surface area contributed by atoms with Gasteiger partial charge in [0.25, 0.3) is 5.91 Å². The van der Waals surface area contributed by atoms with Crippen molar-refractivity contribution in [1.82, 2.24) is 9.88 Å². The molecule has 3 aromatic rings. The van der Waals surface area contributed by atoms with Crippen LogP contribution >= 0.6 is 0 Å². The Kier molecular flexibility index (Phi) is 6.37. The van der Waals surface area contributed by atoms with E-state index in [1.807, 2.05) is 38.1 Å². The number of para-hydroxylation sites is 1. The average Bonchev–Trinajstić information content (AvgIpc) is 3.02. The van der Waals surface area contributed by atoms with Crippen LogP contribution in [-0.4, -0.2) is 23.1 Å². The second-order valence-corrected chi connectivity index (χ2v) is 7.06. The van der Waals surface area contributed by atoms with Crippen LogP contribution < -0.4 is 16.0 Å². The van der Waals surface area contributed by atoms with Gasteiger partial charge in [-0.05, 0) is 62.7 Å². The molecular weight excluding hydrogens is 376 g/mol. The Bertz CT molecular complexity index is 1080. The lowest BCUT2D eigenvalue weighted by Gasteiger charge is -2.13. The van der Waals surface area contributed by atoms with Gasteiger partial charge in [-0.1, -0.05) is 24.3 Å². The minimum absolute atomic E-state index is 0.174. The van der Waals surface area contributed by atoms with Gasteiger partial charge in [-0.25, -0.2) is 4.79 Å². The van der Waals surface area contributed by atoms with Crippen LogP contribution in [0.3, 0.4) is 0 Å². The van der Waals surface area contributed by atoms with Gasteiger partial charge in [0.2, 0.25) is 0 Å². The number of aryl methyl sites for hydroxylation is 2. The minimum Gasteiger partial charge on any atom is -0.334 e. The zero-order valence-corrected chi connectivity index (χ0v) is 17.5. The number of aromatic nitrogens is 1. The molecule has 3 N–H and O–H groups in total. The molecule has 0 saturated heterocycles. The zero-order valence-electron chi connectivity index (χ0n) is 17.5. The van der Waals surface area contributed by atoms with Crippen LogP contribution in [0.15, 0.2) is 67.3 Å². The van der Waals surface area contributed by atoms with Crippen LogP contribution in [0.2, 0.25) is 0 Å². The highest BCUT2D eigenvalue weighted by Gasteiger charge is 2.17. The molecule has 0 aliphatic heterocycles. The highest BCUT2D eigenvalue weighted by molar-refractivity contribution is 6.05. The summed E-state index contributed by atoms with van der Waals surface area (Å²) in [5, 5.41) is 8.29. The molecule has 6 nitrogen and oxygen atoms in total. The smallest absolute Gasteiger partial charge is 0.319 e. The van der Waals surface area contributed by atoms with Gasteiger partial charge < -0.3 is 20.5 Å². The molecule has 0 atom stereocenters. The molecule has 30 heavy (non-hydrogen) atoms. The number of hydrogen-bond donors (Lipinski definition) is 3. The van der Waals surface area contributed by atoms with Crippen molar-refractivity contribution >= 4 is 23.3 Å². The summed E-state index contributed by atoms with van der Waals surface area (Å²) in [5.41, 5.74) is 6.00. The molecule has 0 aliphatic rings. The highest BCUT2D eigenvalue weighted by Crippen LogP contribution is 2.24. The molecule has 0 fully saturated rings. The number of nitrogens with zero attached hydrogens (tertiary/aromatic N) is 1. The Hall–Kier alpha value is -3.80. The van der Waals surface area contributed by atoms with E-state index in [1.165, 1.54) is 0 Å². The van der Waals surface area contributed by atoms with E-state index >= 15 is 0 Å². The fourth-order valence-electron chi connectivity index (χ4n) is 3.35. The molecular formula is C24H26N4O2. The van der Waals surface area contributed by atoms with Crippen molar-refractivity contribution in [3.05, 3.63) is 89.8 Å². The van der Waals surface area contributed by atoms with E-state index in [9.17, 15) is 9.59 Å². The molecule has 154 valence electrons. The summed E-state index contributed by atoms with van der Waals surface area (Å²) in [6.45, 7) is 9.94. The lowest BCUT2D eigenvalue weighted by Crippen LogP contribution is -2.28. The monoisotopic (exact) mass is 402 g/mol. The molecule has 0 bridgehead atoms. The normalized spacial score (nSPS) is 10.4. The van der Waals surface area contributed by atoms with Gasteiger partial charge in [0, 0.05) is 35.0 Å². The van der Waals surface area contributed by atoms with E-state index in [4.69, 9.17) is 0 Å². The largest absolute Gasteiger partial charge is 0.334 e. The first-order valence-corrected chi connectivity index (χ1v) is 9.73. The highest BCUT2D eigenvalue weighted by atomic mass is 16.2. The molecule has 0 spiro atoms. The predicted octanol–water partition coefficient (Wildman–Crippen LogP) is 4.96. The summed E-state index contributed by atoms with van der Waals surface area (Å²) < 4.78 is 2.10. The van der Waals surface area contributed by atoms with E-state index < -0.39 is 0 Å². The van der Waals surface area contributed by atoms with Crippen LogP contribution in [0, 0.1) is 20.8 Å². The SMILES string of the molecule is C=CCNC(=O)Nc1ccc(NC(=O)c2cc(C)n(-c3ccccc3C)c2C)cc1. The second kappa shape index (κ2) is 9.13. The van der Waals surface area contributed by atoms with Gasteiger partial charge >= 0.3 is 6.03 Å². The molecule has 1 heterocycles. The average molecular weight is 402 g/mol. The van der Waals surface area contributed by atoms with Crippen LogP contribution in [0.5, 0.6) is 0 Å². The summed E-state index contributed by atoms with van der Waals surface area (Å²) in [7, 11) is 0. The summed E-state index contributed by atoms with van der Waals surface area (Å²) in [4.78, 5) is 24.6. The summed E-state index contributed by atoms with van der Waals surface area (Å²) in [6, 6.07) is 16.7. The first-order valence-electron chi connectivity index (χ1n) is 9.73. The van der Waals surface area contributed by atoms with Crippen molar-refractivity contribution in [1.29, 1.82) is 0 Å². The zero-order chi connectivity index (χ0) is 21.7. The Morgan fingerprint density at radius 2 is 1.60 bits per heavy atom. The maximum Gasteiger partial charge on any atom is 0.319 e. The number of urea groups is 1. The Balaban J connectivity index is 1.74. The number of benzene rings is 2. The van der Waals surface area contributed by atoms with Crippen LogP contribution in [0.25, 0.3) is 5.69 Å². The van der Waals surface area contributed by atoms with Crippen LogP contribution in [-0.2, 0) is 0 Å². The van der Waals surface area contributed by atoms with E-state index in [2.05, 4.69) is 40.1 Å². The summed E-state index contributed by atoms with van der Waals surface area (Å²) in [5.74, 6) is -0.174. The Morgan fingerprint density at radius 1 is 0.967 bits per heavy atom. The molecule has 3 amide bonds. The van der Waals surface area contributed by atoms with Crippen molar-refractivity contribution in [2.75, 3.05) is 17.2 Å². The molecule has 0 saturated carbocycles. The van der Waals surface area contributed by atoms with Gasteiger partial charge in [0.1, 0.15) is 0 Å². The molecule has 3 rings (SSSR count). The van der Waals surface area contributed by atoms with Gasteiger partial charge in [0.05, 0.1) is 5.56 Å². The maximum absolute atomic E-state index is 12.9. The number of hydrogen-bond acceptors (Lipinski definition) is 2. The van der Waals surface area contributed by atoms with E-state index in [-0.39, 0.29) is 11.9 Å². The van der Waals surface area contributed by atoms with Crippen molar-refractivity contribution in [3.63, 3.8) is 0 Å². The number of anilines is 2. The minimum atomic E-state index is -0.310. The summed E-state index contributed by atoms with van der Waals surface area (Å²) >= 11 is 0. The molecule has 1 aromatic heterocycles. The van der Waals surface area contributed by atoms with Gasteiger partial charge in [-0.2, -0.15) is 0 Å². The lowest BCUT2D eigenvalue weighted by atomic mass is 10.2. The van der Waals surface area contributed by atoms with E-state index in [1.54, 1.807) is 30.3 Å². The van der Waals surface area contributed by atoms with Gasteiger partial charge in [0.15, 0.2) is 0 Å². The molecule has 6 heteroatoms. The topological polar surface area (TPSA) is 75.2 Å². The fraction of sp³-hybridized carbons (Fsp3) is 0.167. The number of amides is 3. The summed E-state index contributed by atoms with van der Waals surface area (Å²) in [6.07, 6.45) is 1.61. The maximum atomic E-state index is 12.9. The van der Waals surface area contributed by atoms with Gasteiger partial charge in [-0.15, -0.1) is 6.58 Å². The number of rotatable bonds is 6. The molecule has 0 radical (unpaired) electrons. The first-order chi connectivity index (χ1) is 14.4. The third kappa shape index (κ3) is 4.60. The van der Waals surface area contributed by atoms with Crippen molar-refractivity contribution in [2.24, 2.45) is 0 Å². The predicted molar refractivity (Wildman–Crippen MR) is 122 cm³/mol. The number of carbonyl (C=O) groups is 2. The quantitative estimate of drug-likeness (QED) is 0.510. The number of carbonyl (C=O) groups excluding carboxylic acids is 2. The molecule has 0 aliphatic carbocycles. The van der Waals surface area contributed by atoms with Gasteiger partial charge in [-0.3, -0.25) is 4.79 Å². The standard InChI is InChI=1S/C24H26N4O2/c1-5-14-25-24(30)27-20-12-10-19(11-13-20)26-23(29)21-15-17(3)28(18(21)4)22-9-7-6-8-16(22)2/h5-13,15H,1,14H2,2-4H3,(H,26,29)(H2,25,27,30). The van der Waals surface area contributed by atoms with E-state index in [0.717, 1.165) is 22.6 Å². The second-order valence-electron chi connectivity index (χ2n) is 7.06. The first kappa shape index (κ1) is 20.9.